The number of alkyl halides is 1. The molecule has 1 aromatic rings. The van der Waals surface area contributed by atoms with Crippen LogP contribution in [0.1, 0.15) is 24.5 Å². The molecule has 0 amide bonds. The first-order valence-corrected chi connectivity index (χ1v) is 6.47. The van der Waals surface area contributed by atoms with Crippen LogP contribution in [-0.4, -0.2) is 31.7 Å². The number of carbonyl (C=O) groups is 2. The van der Waals surface area contributed by atoms with E-state index in [-0.39, 0.29) is 6.42 Å². The molecule has 0 bridgehead atoms. The van der Waals surface area contributed by atoms with Gasteiger partial charge in [0.25, 0.3) is 0 Å². The zero-order valence-corrected chi connectivity index (χ0v) is 11.8. The molecule has 0 spiro atoms. The monoisotopic (exact) mass is 284 g/mol. The Bertz CT molecular complexity index is 445. The second-order valence-electron chi connectivity index (χ2n) is 3.97. The molecule has 0 radical (unpaired) electrons. The van der Waals surface area contributed by atoms with Gasteiger partial charge in [0.1, 0.15) is 11.9 Å². The molecule has 1 aromatic carbocycles. The van der Waals surface area contributed by atoms with Gasteiger partial charge < -0.3 is 9.47 Å². The van der Waals surface area contributed by atoms with E-state index in [4.69, 9.17) is 21.1 Å². The van der Waals surface area contributed by atoms with Crippen LogP contribution in [0.3, 0.4) is 0 Å². The fraction of sp³-hybridized carbons (Fsp3) is 0.429. The minimum absolute atomic E-state index is 0.145. The van der Waals surface area contributed by atoms with Crippen LogP contribution in [0.15, 0.2) is 24.3 Å². The Hall–Kier alpha value is -1.39. The van der Waals surface area contributed by atoms with E-state index in [0.29, 0.717) is 23.6 Å². The van der Waals surface area contributed by atoms with E-state index < -0.39 is 17.7 Å². The minimum Gasteiger partial charge on any atom is -0.497 e. The predicted octanol–water partition coefficient (Wildman–Crippen LogP) is 2.54. The van der Waals surface area contributed by atoms with Gasteiger partial charge >= 0.3 is 0 Å². The Kier molecular flexibility index (Phi) is 6.53. The van der Waals surface area contributed by atoms with Crippen LogP contribution in [0, 0.1) is 0 Å². The Morgan fingerprint density at radius 2 is 2.05 bits per heavy atom. The van der Waals surface area contributed by atoms with Crippen molar-refractivity contribution in [2.75, 3.05) is 20.1 Å². The van der Waals surface area contributed by atoms with Gasteiger partial charge in [-0.1, -0.05) is 12.1 Å². The number of benzene rings is 1. The van der Waals surface area contributed by atoms with E-state index in [2.05, 4.69) is 0 Å². The van der Waals surface area contributed by atoms with Crippen LogP contribution in [-0.2, 0) is 14.3 Å². The number of rotatable bonds is 8. The van der Waals surface area contributed by atoms with Gasteiger partial charge in [0.2, 0.25) is 11.6 Å². The van der Waals surface area contributed by atoms with Crippen molar-refractivity contribution in [1.29, 1.82) is 0 Å². The maximum absolute atomic E-state index is 12.0. The van der Waals surface area contributed by atoms with Crippen LogP contribution in [0.25, 0.3) is 0 Å². The first kappa shape index (κ1) is 15.7. The third kappa shape index (κ3) is 4.33. The molecule has 0 aromatic heterocycles. The van der Waals surface area contributed by atoms with Crippen LogP contribution in [0.5, 0.6) is 5.75 Å². The fourth-order valence-electron chi connectivity index (χ4n) is 1.70. The summed E-state index contributed by atoms with van der Waals surface area (Å²) in [6.07, 6.45) is -0.259. The summed E-state index contributed by atoms with van der Waals surface area (Å²) in [4.78, 5) is 23.7. The summed E-state index contributed by atoms with van der Waals surface area (Å²) in [5.74, 6) is -0.0488. The summed E-state index contributed by atoms with van der Waals surface area (Å²) >= 11 is 5.51. The lowest BCUT2D eigenvalue weighted by atomic mass is 10.0. The molecule has 0 fully saturated rings. The van der Waals surface area contributed by atoms with Gasteiger partial charge in [0.05, 0.1) is 7.11 Å². The van der Waals surface area contributed by atoms with Gasteiger partial charge in [-0.3, -0.25) is 9.59 Å². The smallest absolute Gasteiger partial charge is 0.231 e. The summed E-state index contributed by atoms with van der Waals surface area (Å²) in [6.45, 7) is 0. The number of hydrogen-bond acceptors (Lipinski definition) is 4. The van der Waals surface area contributed by atoms with Gasteiger partial charge in [-0.25, -0.2) is 0 Å². The van der Waals surface area contributed by atoms with Gasteiger partial charge in [-0.2, -0.15) is 0 Å². The molecule has 1 unspecified atom stereocenters. The van der Waals surface area contributed by atoms with Crippen molar-refractivity contribution >= 4 is 23.2 Å². The van der Waals surface area contributed by atoms with Crippen LogP contribution in [0.2, 0.25) is 0 Å². The van der Waals surface area contributed by atoms with Crippen molar-refractivity contribution < 1.29 is 19.1 Å². The van der Waals surface area contributed by atoms with Crippen molar-refractivity contribution in [3.05, 3.63) is 29.8 Å². The molecule has 0 saturated heterocycles. The summed E-state index contributed by atoms with van der Waals surface area (Å²) in [5.41, 5.74) is 0.603. The zero-order chi connectivity index (χ0) is 14.3. The molecular weight excluding hydrogens is 268 g/mol. The average Bonchev–Trinajstić information content (AvgIpc) is 2.45. The molecule has 0 N–H and O–H groups in total. The summed E-state index contributed by atoms with van der Waals surface area (Å²) < 4.78 is 10.2. The molecule has 1 rings (SSSR count). The number of methoxy groups -OCH3 is 2. The maximum atomic E-state index is 12.0. The molecule has 0 aliphatic carbocycles. The van der Waals surface area contributed by atoms with E-state index in [0.717, 1.165) is 0 Å². The third-order valence-corrected chi connectivity index (χ3v) is 2.95. The fourth-order valence-corrected chi connectivity index (χ4v) is 1.83. The Morgan fingerprint density at radius 3 is 2.63 bits per heavy atom. The SMILES string of the molecule is COc1cccc(C(OC)C(=O)C(=O)CCCCl)c1. The number of carbonyl (C=O) groups excluding carboxylic acids is 2. The molecule has 4 nitrogen and oxygen atoms in total. The lowest BCUT2D eigenvalue weighted by Gasteiger charge is -2.14. The van der Waals surface area contributed by atoms with Crippen LogP contribution in [0.4, 0.5) is 0 Å². The van der Waals surface area contributed by atoms with Gasteiger partial charge in [-0.15, -0.1) is 11.6 Å². The number of ketones is 2. The van der Waals surface area contributed by atoms with Crippen molar-refractivity contribution in [3.8, 4) is 5.75 Å². The van der Waals surface area contributed by atoms with Crippen LogP contribution >= 0.6 is 11.6 Å². The number of Topliss-reactive ketones (excluding diaryl/α,β-unsaturated/α-hetero) is 2. The second-order valence-corrected chi connectivity index (χ2v) is 4.35. The van der Waals surface area contributed by atoms with Crippen LogP contribution < -0.4 is 4.74 Å². The number of ether oxygens (including phenoxy) is 2. The highest BCUT2D eigenvalue weighted by molar-refractivity contribution is 6.38. The Labute approximate surface area is 117 Å². The molecular formula is C14H17ClO4. The van der Waals surface area contributed by atoms with Gasteiger partial charge in [-0.05, 0) is 24.1 Å². The highest BCUT2D eigenvalue weighted by Crippen LogP contribution is 2.23. The molecule has 104 valence electrons. The lowest BCUT2D eigenvalue weighted by molar-refractivity contribution is -0.143. The molecule has 19 heavy (non-hydrogen) atoms. The number of halogens is 1. The highest BCUT2D eigenvalue weighted by atomic mass is 35.5. The highest BCUT2D eigenvalue weighted by Gasteiger charge is 2.26. The largest absolute Gasteiger partial charge is 0.497 e. The normalized spacial score (nSPS) is 11.9. The van der Waals surface area contributed by atoms with E-state index in [1.165, 1.54) is 14.2 Å². The van der Waals surface area contributed by atoms with E-state index in [1.807, 2.05) is 0 Å². The zero-order valence-electron chi connectivity index (χ0n) is 11.0. The minimum atomic E-state index is -0.891. The predicted molar refractivity (Wildman–Crippen MR) is 72.7 cm³/mol. The van der Waals surface area contributed by atoms with E-state index in [9.17, 15) is 9.59 Å². The van der Waals surface area contributed by atoms with Crippen molar-refractivity contribution in [1.82, 2.24) is 0 Å². The summed E-state index contributed by atoms with van der Waals surface area (Å²) in [6, 6.07) is 6.91. The standard InChI is InChI=1S/C14H17ClO4/c1-18-11-6-3-5-10(9-11)14(19-2)13(17)12(16)7-4-8-15/h3,5-6,9,14H,4,7-8H2,1-2H3. The Morgan fingerprint density at radius 1 is 1.32 bits per heavy atom. The van der Waals surface area contributed by atoms with Crippen molar-refractivity contribution in [3.63, 3.8) is 0 Å². The average molecular weight is 285 g/mol. The third-order valence-electron chi connectivity index (χ3n) is 2.68. The number of hydrogen-bond donors (Lipinski definition) is 0. The first-order valence-electron chi connectivity index (χ1n) is 5.93. The van der Waals surface area contributed by atoms with E-state index in [1.54, 1.807) is 24.3 Å². The van der Waals surface area contributed by atoms with Gasteiger partial charge in [0.15, 0.2) is 0 Å². The van der Waals surface area contributed by atoms with E-state index >= 15 is 0 Å². The van der Waals surface area contributed by atoms with Gasteiger partial charge in [0, 0.05) is 19.4 Å². The van der Waals surface area contributed by atoms with Crippen molar-refractivity contribution in [2.45, 2.75) is 18.9 Å². The first-order chi connectivity index (χ1) is 9.13. The topological polar surface area (TPSA) is 52.6 Å². The quantitative estimate of drug-likeness (QED) is 0.544. The molecule has 0 heterocycles. The Balaban J connectivity index is 2.86. The second kappa shape index (κ2) is 7.92. The molecule has 1 atom stereocenters. The molecule has 0 aliphatic rings. The van der Waals surface area contributed by atoms with Crippen molar-refractivity contribution in [2.24, 2.45) is 0 Å². The summed E-state index contributed by atoms with van der Waals surface area (Å²) in [7, 11) is 2.94. The lowest BCUT2D eigenvalue weighted by Crippen LogP contribution is -2.23. The maximum Gasteiger partial charge on any atom is 0.231 e. The molecule has 0 saturated carbocycles. The molecule has 0 aliphatic heterocycles. The summed E-state index contributed by atoms with van der Waals surface area (Å²) in [5, 5.41) is 0. The molecule has 5 heteroatoms.